The van der Waals surface area contributed by atoms with Crippen LogP contribution >= 0.6 is 15.9 Å². The van der Waals surface area contributed by atoms with E-state index in [1.54, 1.807) is 18.2 Å². The van der Waals surface area contributed by atoms with Gasteiger partial charge in [0.1, 0.15) is 0 Å². The van der Waals surface area contributed by atoms with Crippen LogP contribution in [0.1, 0.15) is 66.7 Å². The quantitative estimate of drug-likeness (QED) is 0.412. The van der Waals surface area contributed by atoms with Gasteiger partial charge >= 0.3 is 0 Å². The van der Waals surface area contributed by atoms with Crippen molar-refractivity contribution < 1.29 is 14.4 Å². The van der Waals surface area contributed by atoms with Gasteiger partial charge < -0.3 is 5.32 Å². The fourth-order valence-electron chi connectivity index (χ4n) is 2.76. The van der Waals surface area contributed by atoms with Crippen molar-refractivity contribution in [1.82, 2.24) is 4.90 Å². The fraction of sp³-hybridized carbons (Fsp3) is 0.500. The number of benzene rings is 1. The van der Waals surface area contributed by atoms with Crippen molar-refractivity contribution in [2.24, 2.45) is 0 Å². The Hall–Kier alpha value is -1.69. The third kappa shape index (κ3) is 3.86. The summed E-state index contributed by atoms with van der Waals surface area (Å²) in [5, 5.41) is 3.73. The summed E-state index contributed by atoms with van der Waals surface area (Å²) in [6.07, 6.45) is 3.92. The van der Waals surface area contributed by atoms with Crippen molar-refractivity contribution in [1.29, 1.82) is 0 Å². The molecule has 5 nitrogen and oxygen atoms in total. The normalized spacial score (nSPS) is 14.7. The lowest BCUT2D eigenvalue weighted by Gasteiger charge is -2.20. The summed E-state index contributed by atoms with van der Waals surface area (Å²) in [5.41, 5.74) is 1.12. The van der Waals surface area contributed by atoms with E-state index in [-0.39, 0.29) is 23.8 Å². The van der Waals surface area contributed by atoms with Crippen LogP contribution in [0.4, 0.5) is 5.69 Å². The monoisotopic (exact) mass is 394 g/mol. The summed E-state index contributed by atoms with van der Waals surface area (Å²) in [6, 6.07) is 4.86. The van der Waals surface area contributed by atoms with Gasteiger partial charge in [-0.25, -0.2) is 0 Å². The van der Waals surface area contributed by atoms with Gasteiger partial charge in [0.25, 0.3) is 11.8 Å². The third-order valence-corrected chi connectivity index (χ3v) is 4.85. The second kappa shape index (κ2) is 8.42. The van der Waals surface area contributed by atoms with Crippen LogP contribution in [-0.4, -0.2) is 34.0 Å². The van der Waals surface area contributed by atoms with Crippen molar-refractivity contribution in [3.05, 3.63) is 29.3 Å². The second-order valence-corrected chi connectivity index (χ2v) is 6.81. The molecule has 1 aliphatic rings. The van der Waals surface area contributed by atoms with Crippen LogP contribution in [0.5, 0.6) is 0 Å². The predicted molar refractivity (Wildman–Crippen MR) is 97.6 cm³/mol. The number of alkyl halides is 1. The molecule has 2 rings (SSSR count). The van der Waals surface area contributed by atoms with E-state index in [1.165, 1.54) is 4.90 Å². The van der Waals surface area contributed by atoms with Crippen LogP contribution in [0.25, 0.3) is 0 Å². The van der Waals surface area contributed by atoms with Crippen LogP contribution in [0, 0.1) is 0 Å². The third-order valence-electron chi connectivity index (χ3n) is 4.29. The molecule has 0 fully saturated rings. The molecule has 1 unspecified atom stereocenters. The minimum absolute atomic E-state index is 0.125. The number of hydrogen-bond donors (Lipinski definition) is 1. The fourth-order valence-corrected chi connectivity index (χ4v) is 3.16. The Bertz CT molecular complexity index is 645. The largest absolute Gasteiger partial charge is 0.325 e. The van der Waals surface area contributed by atoms with Gasteiger partial charge in [-0.1, -0.05) is 35.3 Å². The number of imide groups is 1. The van der Waals surface area contributed by atoms with Crippen molar-refractivity contribution in [3.63, 3.8) is 0 Å². The van der Waals surface area contributed by atoms with E-state index in [9.17, 15) is 14.4 Å². The lowest BCUT2D eigenvalue weighted by molar-refractivity contribution is -0.116. The molecule has 0 aromatic heterocycles. The molecule has 0 saturated carbocycles. The summed E-state index contributed by atoms with van der Waals surface area (Å²) in [7, 11) is 0. The van der Waals surface area contributed by atoms with Gasteiger partial charge in [0.2, 0.25) is 5.91 Å². The summed E-state index contributed by atoms with van der Waals surface area (Å²) in [4.78, 5) is 38.5. The van der Waals surface area contributed by atoms with E-state index in [1.807, 2.05) is 13.8 Å². The number of carbonyl (C=O) groups excluding carboxylic acids is 3. The number of anilines is 1. The molecule has 6 heteroatoms. The SMILES string of the molecule is CCC(C)N1C(=O)c2cccc(NC(=O)CCCCCBr)c2C1=O. The van der Waals surface area contributed by atoms with Crippen molar-refractivity contribution >= 4 is 39.3 Å². The standard InChI is InChI=1S/C18H23BrN2O3/c1-3-12(2)21-17(23)13-8-7-9-14(16(13)18(21)24)20-15(22)10-5-4-6-11-19/h7-9,12H,3-6,10-11H2,1-2H3,(H,20,22). The van der Waals surface area contributed by atoms with Gasteiger partial charge in [0.15, 0.2) is 0 Å². The lowest BCUT2D eigenvalue weighted by atomic mass is 10.1. The highest BCUT2D eigenvalue weighted by atomic mass is 79.9. The zero-order chi connectivity index (χ0) is 17.7. The smallest absolute Gasteiger partial charge is 0.263 e. The number of rotatable bonds is 8. The Balaban J connectivity index is 2.15. The molecule has 0 bridgehead atoms. The minimum atomic E-state index is -0.320. The van der Waals surface area contributed by atoms with E-state index in [0.29, 0.717) is 29.7 Å². The van der Waals surface area contributed by atoms with Crippen LogP contribution in [0.2, 0.25) is 0 Å². The zero-order valence-corrected chi connectivity index (χ0v) is 15.7. The van der Waals surface area contributed by atoms with E-state index < -0.39 is 0 Å². The molecular weight excluding hydrogens is 372 g/mol. The summed E-state index contributed by atoms with van der Waals surface area (Å²) in [6.45, 7) is 3.79. The first-order valence-corrected chi connectivity index (χ1v) is 9.50. The van der Waals surface area contributed by atoms with E-state index in [0.717, 1.165) is 24.6 Å². The Morgan fingerprint density at radius 2 is 1.96 bits per heavy atom. The summed E-state index contributed by atoms with van der Waals surface area (Å²) in [5.74, 6) is -0.725. The number of unbranched alkanes of at least 4 members (excludes halogenated alkanes) is 2. The van der Waals surface area contributed by atoms with Crippen LogP contribution in [0.3, 0.4) is 0 Å². The summed E-state index contributed by atoms with van der Waals surface area (Å²) >= 11 is 3.36. The molecule has 1 N–H and O–H groups in total. The molecule has 24 heavy (non-hydrogen) atoms. The number of nitrogens with zero attached hydrogens (tertiary/aromatic N) is 1. The Labute approximate surface area is 150 Å². The molecule has 0 radical (unpaired) electrons. The summed E-state index contributed by atoms with van der Waals surface area (Å²) < 4.78 is 0. The highest BCUT2D eigenvalue weighted by molar-refractivity contribution is 9.09. The second-order valence-electron chi connectivity index (χ2n) is 6.01. The number of hydrogen-bond acceptors (Lipinski definition) is 3. The van der Waals surface area contributed by atoms with Gasteiger partial charge in [-0.05, 0) is 38.3 Å². The molecule has 1 aromatic carbocycles. The first-order valence-electron chi connectivity index (χ1n) is 8.38. The predicted octanol–water partition coefficient (Wildman–Crippen LogP) is 3.97. The van der Waals surface area contributed by atoms with Crippen LogP contribution in [-0.2, 0) is 4.79 Å². The molecule has 1 aliphatic heterocycles. The topological polar surface area (TPSA) is 66.5 Å². The van der Waals surface area contributed by atoms with Gasteiger partial charge in [-0.15, -0.1) is 0 Å². The van der Waals surface area contributed by atoms with Gasteiger partial charge in [-0.3, -0.25) is 19.3 Å². The molecule has 1 atom stereocenters. The maximum Gasteiger partial charge on any atom is 0.263 e. The minimum Gasteiger partial charge on any atom is -0.325 e. The maximum atomic E-state index is 12.7. The Kier molecular flexibility index (Phi) is 6.54. The van der Waals surface area contributed by atoms with Crippen LogP contribution in [0.15, 0.2) is 18.2 Å². The molecule has 130 valence electrons. The number of fused-ring (bicyclic) bond motifs is 1. The number of carbonyl (C=O) groups is 3. The van der Waals surface area contributed by atoms with Crippen molar-refractivity contribution in [2.75, 3.05) is 10.6 Å². The molecule has 1 aromatic rings. The highest BCUT2D eigenvalue weighted by Crippen LogP contribution is 2.31. The Morgan fingerprint density at radius 3 is 2.62 bits per heavy atom. The number of nitrogens with one attached hydrogen (secondary N) is 1. The molecular formula is C18H23BrN2O3. The number of amides is 3. The van der Waals surface area contributed by atoms with E-state index in [2.05, 4.69) is 21.2 Å². The van der Waals surface area contributed by atoms with Crippen LogP contribution < -0.4 is 5.32 Å². The average Bonchev–Trinajstić information content (AvgIpc) is 2.83. The van der Waals surface area contributed by atoms with E-state index >= 15 is 0 Å². The first-order chi connectivity index (χ1) is 11.5. The molecule has 3 amide bonds. The van der Waals surface area contributed by atoms with Gasteiger partial charge in [-0.2, -0.15) is 0 Å². The zero-order valence-electron chi connectivity index (χ0n) is 14.1. The van der Waals surface area contributed by atoms with Crippen molar-refractivity contribution in [2.45, 2.75) is 52.0 Å². The first kappa shape index (κ1) is 18.6. The van der Waals surface area contributed by atoms with Gasteiger partial charge in [0.05, 0.1) is 16.8 Å². The van der Waals surface area contributed by atoms with Gasteiger partial charge in [0, 0.05) is 17.8 Å². The Morgan fingerprint density at radius 1 is 1.21 bits per heavy atom. The van der Waals surface area contributed by atoms with E-state index in [4.69, 9.17) is 0 Å². The highest BCUT2D eigenvalue weighted by Gasteiger charge is 2.39. The molecule has 1 heterocycles. The average molecular weight is 395 g/mol. The maximum absolute atomic E-state index is 12.7. The molecule has 0 saturated heterocycles. The number of halogens is 1. The molecule has 0 aliphatic carbocycles. The lowest BCUT2D eigenvalue weighted by Crippen LogP contribution is -2.37. The molecule has 0 spiro atoms. The van der Waals surface area contributed by atoms with Crippen molar-refractivity contribution in [3.8, 4) is 0 Å².